The van der Waals surface area contributed by atoms with Gasteiger partial charge in [0.15, 0.2) is 0 Å². The van der Waals surface area contributed by atoms with E-state index in [0.29, 0.717) is 5.69 Å². The highest BCUT2D eigenvalue weighted by Gasteiger charge is 1.96. The maximum Gasteiger partial charge on any atom is 0.125 e. The van der Waals surface area contributed by atoms with E-state index in [9.17, 15) is 4.39 Å². The number of hydrogen-bond donors (Lipinski definition) is 0. The van der Waals surface area contributed by atoms with E-state index < -0.39 is 0 Å². The van der Waals surface area contributed by atoms with Gasteiger partial charge in [-0.3, -0.25) is 4.99 Å². The molecule has 0 unspecified atom stereocenters. The van der Waals surface area contributed by atoms with Crippen LogP contribution in [0.5, 0.6) is 0 Å². The van der Waals surface area contributed by atoms with Crippen LogP contribution < -0.4 is 0 Å². The smallest absolute Gasteiger partial charge is 0.125 e. The molecule has 0 heterocycles. The van der Waals surface area contributed by atoms with Crippen molar-refractivity contribution in [2.24, 2.45) is 9.98 Å². The fraction of sp³-hybridized carbons (Fsp3) is 0.111. The predicted molar refractivity (Wildman–Crippen MR) is 48.8 cm³/mol. The number of aliphatic imine (C=N–C) groups is 2. The van der Waals surface area contributed by atoms with E-state index in [0.717, 1.165) is 5.56 Å². The molecule has 1 aromatic carbocycles. The molecular weight excluding hydrogens is 155 g/mol. The van der Waals surface area contributed by atoms with E-state index >= 15 is 0 Å². The number of benzene rings is 1. The van der Waals surface area contributed by atoms with E-state index in [1.807, 2.05) is 6.92 Å². The van der Waals surface area contributed by atoms with Gasteiger partial charge in [0, 0.05) is 0 Å². The Kier molecular flexibility index (Phi) is 2.69. The summed E-state index contributed by atoms with van der Waals surface area (Å²) >= 11 is 0. The summed E-state index contributed by atoms with van der Waals surface area (Å²) < 4.78 is 12.7. The van der Waals surface area contributed by atoms with E-state index in [1.165, 1.54) is 18.5 Å². The van der Waals surface area contributed by atoms with Crippen LogP contribution in [0.1, 0.15) is 5.56 Å². The Morgan fingerprint density at radius 3 is 2.92 bits per heavy atom. The van der Waals surface area contributed by atoms with Crippen LogP contribution in [0.3, 0.4) is 0 Å². The van der Waals surface area contributed by atoms with E-state index in [-0.39, 0.29) is 5.82 Å². The monoisotopic (exact) mass is 164 g/mol. The summed E-state index contributed by atoms with van der Waals surface area (Å²) in [7, 11) is 0. The summed E-state index contributed by atoms with van der Waals surface area (Å²) in [6, 6.07) is 4.43. The van der Waals surface area contributed by atoms with Crippen molar-refractivity contribution in [2.45, 2.75) is 6.92 Å². The summed E-state index contributed by atoms with van der Waals surface area (Å²) in [4.78, 5) is 7.33. The van der Waals surface area contributed by atoms with Crippen LogP contribution in [0.15, 0.2) is 28.2 Å². The molecule has 62 valence electrons. The second kappa shape index (κ2) is 3.76. The van der Waals surface area contributed by atoms with E-state index in [2.05, 4.69) is 16.7 Å². The van der Waals surface area contributed by atoms with Crippen molar-refractivity contribution in [3.05, 3.63) is 29.6 Å². The molecule has 0 N–H and O–H groups in total. The van der Waals surface area contributed by atoms with Crippen LogP contribution in [-0.4, -0.2) is 13.1 Å². The van der Waals surface area contributed by atoms with Gasteiger partial charge in [-0.05, 0) is 31.3 Å². The molecule has 0 aromatic heterocycles. The SMILES string of the molecule is C=NC=Nc1cc(F)ccc1C. The highest BCUT2D eigenvalue weighted by Crippen LogP contribution is 2.18. The number of rotatable bonds is 2. The molecule has 0 aliphatic heterocycles. The Bertz CT molecular complexity index is 318. The highest BCUT2D eigenvalue weighted by atomic mass is 19.1. The number of aryl methyl sites for hydroxylation is 1. The molecule has 0 atom stereocenters. The minimum atomic E-state index is -0.295. The van der Waals surface area contributed by atoms with Gasteiger partial charge in [-0.25, -0.2) is 9.38 Å². The third-order valence-electron chi connectivity index (χ3n) is 1.45. The average Bonchev–Trinajstić information content (AvgIpc) is 2.07. The molecule has 1 aromatic rings. The summed E-state index contributed by atoms with van der Waals surface area (Å²) in [6.45, 7) is 5.09. The van der Waals surface area contributed by atoms with Gasteiger partial charge in [0.05, 0.1) is 5.69 Å². The minimum absolute atomic E-state index is 0.295. The summed E-state index contributed by atoms with van der Waals surface area (Å²) in [5, 5.41) is 0. The lowest BCUT2D eigenvalue weighted by atomic mass is 10.2. The molecule has 3 heteroatoms. The second-order valence-electron chi connectivity index (χ2n) is 2.36. The lowest BCUT2D eigenvalue weighted by Gasteiger charge is -1.97. The molecule has 0 bridgehead atoms. The van der Waals surface area contributed by atoms with Crippen molar-refractivity contribution in [1.29, 1.82) is 0 Å². The standard InChI is InChI=1S/C9H9FN2/c1-7-3-4-8(10)5-9(7)12-6-11-2/h3-6H,2H2,1H3. The first-order valence-electron chi connectivity index (χ1n) is 3.48. The van der Waals surface area contributed by atoms with Gasteiger partial charge in [0.1, 0.15) is 12.2 Å². The number of halogens is 1. The minimum Gasteiger partial charge on any atom is -0.253 e. The van der Waals surface area contributed by atoms with Gasteiger partial charge in [0.2, 0.25) is 0 Å². The van der Waals surface area contributed by atoms with Crippen LogP contribution in [-0.2, 0) is 0 Å². The van der Waals surface area contributed by atoms with E-state index in [1.54, 1.807) is 6.07 Å². The third-order valence-corrected chi connectivity index (χ3v) is 1.45. The van der Waals surface area contributed by atoms with Gasteiger partial charge in [-0.2, -0.15) is 0 Å². The average molecular weight is 164 g/mol. The zero-order valence-corrected chi connectivity index (χ0v) is 6.79. The van der Waals surface area contributed by atoms with Crippen LogP contribution in [0, 0.1) is 12.7 Å². The fourth-order valence-corrected chi connectivity index (χ4v) is 0.825. The van der Waals surface area contributed by atoms with Crippen LogP contribution in [0.25, 0.3) is 0 Å². The van der Waals surface area contributed by atoms with Gasteiger partial charge in [-0.15, -0.1) is 0 Å². The van der Waals surface area contributed by atoms with E-state index in [4.69, 9.17) is 0 Å². The molecule has 1 rings (SSSR count). The highest BCUT2D eigenvalue weighted by molar-refractivity contribution is 5.67. The third kappa shape index (κ3) is 1.99. The maximum absolute atomic E-state index is 12.7. The fourth-order valence-electron chi connectivity index (χ4n) is 0.825. The molecule has 0 saturated heterocycles. The molecule has 0 spiro atoms. The first kappa shape index (κ1) is 8.59. The molecule has 0 saturated carbocycles. The van der Waals surface area contributed by atoms with Crippen LogP contribution in [0.2, 0.25) is 0 Å². The number of nitrogens with zero attached hydrogens (tertiary/aromatic N) is 2. The molecule has 12 heavy (non-hydrogen) atoms. The van der Waals surface area contributed by atoms with Crippen molar-refractivity contribution in [1.82, 2.24) is 0 Å². The lowest BCUT2D eigenvalue weighted by molar-refractivity contribution is 0.628. The molecule has 0 aliphatic rings. The van der Waals surface area contributed by atoms with Gasteiger partial charge in [-0.1, -0.05) is 6.07 Å². The van der Waals surface area contributed by atoms with Crippen LogP contribution in [0.4, 0.5) is 10.1 Å². The maximum atomic E-state index is 12.7. The van der Waals surface area contributed by atoms with Crippen molar-refractivity contribution in [3.8, 4) is 0 Å². The van der Waals surface area contributed by atoms with Crippen molar-refractivity contribution >= 4 is 18.7 Å². The van der Waals surface area contributed by atoms with Crippen molar-refractivity contribution < 1.29 is 4.39 Å². The van der Waals surface area contributed by atoms with Gasteiger partial charge >= 0.3 is 0 Å². The van der Waals surface area contributed by atoms with Gasteiger partial charge in [0.25, 0.3) is 0 Å². The molecule has 0 radical (unpaired) electrons. The molecule has 0 aliphatic carbocycles. The molecule has 0 amide bonds. The Morgan fingerprint density at radius 1 is 1.50 bits per heavy atom. The van der Waals surface area contributed by atoms with Gasteiger partial charge < -0.3 is 0 Å². The summed E-state index contributed by atoms with van der Waals surface area (Å²) in [6.07, 6.45) is 1.29. The first-order valence-corrected chi connectivity index (χ1v) is 3.48. The zero-order chi connectivity index (χ0) is 8.97. The Balaban J connectivity index is 3.04. The largest absolute Gasteiger partial charge is 0.253 e. The number of hydrogen-bond acceptors (Lipinski definition) is 1. The second-order valence-corrected chi connectivity index (χ2v) is 2.36. The predicted octanol–water partition coefficient (Wildman–Crippen LogP) is 2.49. The topological polar surface area (TPSA) is 24.7 Å². The molecular formula is C9H9FN2. The Morgan fingerprint density at radius 2 is 2.25 bits per heavy atom. The molecule has 2 nitrogen and oxygen atoms in total. The summed E-state index contributed by atoms with van der Waals surface area (Å²) in [5.41, 5.74) is 1.50. The zero-order valence-electron chi connectivity index (χ0n) is 6.79. The normalized spacial score (nSPS) is 10.5. The molecule has 0 fully saturated rings. The lowest BCUT2D eigenvalue weighted by Crippen LogP contribution is -1.77. The van der Waals surface area contributed by atoms with Crippen LogP contribution >= 0.6 is 0 Å². The Labute approximate surface area is 70.5 Å². The van der Waals surface area contributed by atoms with Crippen molar-refractivity contribution in [2.75, 3.05) is 0 Å². The Hall–Kier alpha value is -1.51. The first-order chi connectivity index (χ1) is 5.74. The summed E-state index contributed by atoms with van der Waals surface area (Å²) in [5.74, 6) is -0.295. The van der Waals surface area contributed by atoms with Crippen molar-refractivity contribution in [3.63, 3.8) is 0 Å². The quantitative estimate of drug-likeness (QED) is 0.474.